The zero-order valence-corrected chi connectivity index (χ0v) is 9.75. The van der Waals surface area contributed by atoms with Gasteiger partial charge in [0, 0.05) is 16.8 Å². The Morgan fingerprint density at radius 3 is 2.31 bits per heavy atom. The van der Waals surface area contributed by atoms with Gasteiger partial charge in [-0.15, -0.1) is 23.5 Å². The number of hydrogen-bond donors (Lipinski definition) is 1. The van der Waals surface area contributed by atoms with Gasteiger partial charge in [-0.3, -0.25) is 0 Å². The minimum absolute atomic E-state index is 0.579. The predicted octanol–water partition coefficient (Wildman–Crippen LogP) is 3.46. The van der Waals surface area contributed by atoms with E-state index in [4.69, 9.17) is 0 Å². The van der Waals surface area contributed by atoms with E-state index in [2.05, 4.69) is 43.0 Å². The topological polar surface area (TPSA) is 0 Å². The third-order valence-electron chi connectivity index (χ3n) is 1.95. The second-order valence-corrected chi connectivity index (χ2v) is 6.37. The maximum absolute atomic E-state index is 4.47. The third kappa shape index (κ3) is 2.61. The Labute approximate surface area is 93.3 Å². The van der Waals surface area contributed by atoms with Crippen molar-refractivity contribution in [3.05, 3.63) is 35.9 Å². The zero-order chi connectivity index (χ0) is 9.10. The zero-order valence-electron chi connectivity index (χ0n) is 7.22. The van der Waals surface area contributed by atoms with Crippen LogP contribution in [0, 0.1) is 0 Å². The Morgan fingerprint density at radius 2 is 1.69 bits per heavy atom. The maximum atomic E-state index is 4.47. The summed E-state index contributed by atoms with van der Waals surface area (Å²) >= 11 is 8.49. The highest BCUT2D eigenvalue weighted by Crippen LogP contribution is 2.44. The van der Waals surface area contributed by atoms with E-state index < -0.39 is 0 Å². The van der Waals surface area contributed by atoms with Crippen LogP contribution >= 0.6 is 36.2 Å². The van der Waals surface area contributed by atoms with E-state index in [0.717, 1.165) is 0 Å². The van der Waals surface area contributed by atoms with Gasteiger partial charge in [0.2, 0.25) is 0 Å². The summed E-state index contributed by atoms with van der Waals surface area (Å²) in [5.74, 6) is 2.35. The lowest BCUT2D eigenvalue weighted by Crippen LogP contribution is -2.13. The summed E-state index contributed by atoms with van der Waals surface area (Å²) in [4.78, 5) is 0. The molecule has 1 aliphatic rings. The second kappa shape index (κ2) is 4.67. The largest absolute Gasteiger partial charge is 0.174 e. The molecule has 0 saturated carbocycles. The second-order valence-electron chi connectivity index (χ2n) is 3.06. The van der Waals surface area contributed by atoms with E-state index in [9.17, 15) is 0 Å². The maximum Gasteiger partial charge on any atom is 0.0752 e. The number of thioether (sulfide) groups is 2. The fourth-order valence-electron chi connectivity index (χ4n) is 1.30. The molecule has 1 saturated heterocycles. The molecule has 1 aromatic carbocycles. The van der Waals surface area contributed by atoms with Crippen LogP contribution in [0.25, 0.3) is 0 Å². The Morgan fingerprint density at radius 1 is 1.08 bits per heavy atom. The lowest BCUT2D eigenvalue weighted by molar-refractivity contribution is 1.13. The van der Waals surface area contributed by atoms with Gasteiger partial charge in [-0.05, 0) is 5.56 Å². The van der Waals surface area contributed by atoms with Crippen LogP contribution in [-0.4, -0.2) is 16.8 Å². The first-order chi connectivity index (χ1) is 6.36. The summed E-state index contributed by atoms with van der Waals surface area (Å²) in [5, 5.41) is 0.579. The van der Waals surface area contributed by atoms with Crippen molar-refractivity contribution in [1.29, 1.82) is 0 Å². The highest BCUT2D eigenvalue weighted by Gasteiger charge is 2.20. The molecule has 1 aromatic rings. The molecule has 0 nitrogen and oxygen atoms in total. The summed E-state index contributed by atoms with van der Waals surface area (Å²) in [6.45, 7) is 0. The first kappa shape index (κ1) is 9.81. The molecule has 0 bridgehead atoms. The van der Waals surface area contributed by atoms with Crippen molar-refractivity contribution in [2.45, 2.75) is 9.83 Å². The smallest absolute Gasteiger partial charge is 0.0752 e. The van der Waals surface area contributed by atoms with Gasteiger partial charge < -0.3 is 0 Å². The highest BCUT2D eigenvalue weighted by atomic mass is 32.2. The number of rotatable bonds is 1. The van der Waals surface area contributed by atoms with Crippen molar-refractivity contribution in [1.82, 2.24) is 0 Å². The fourth-order valence-corrected chi connectivity index (χ4v) is 4.55. The molecule has 1 fully saturated rings. The number of hydrogen-bond acceptors (Lipinski definition) is 3. The summed E-state index contributed by atoms with van der Waals surface area (Å²) in [6.07, 6.45) is 0. The molecule has 1 aliphatic heterocycles. The molecule has 2 rings (SSSR count). The molecule has 0 aliphatic carbocycles. The van der Waals surface area contributed by atoms with Crippen LogP contribution in [0.2, 0.25) is 0 Å². The van der Waals surface area contributed by atoms with E-state index in [1.165, 1.54) is 17.1 Å². The lowest BCUT2D eigenvalue weighted by atomic mass is 10.2. The number of thiol groups is 1. The fraction of sp³-hybridized carbons (Fsp3) is 0.400. The Bertz CT molecular complexity index is 252. The van der Waals surface area contributed by atoms with E-state index in [-0.39, 0.29) is 0 Å². The van der Waals surface area contributed by atoms with Crippen molar-refractivity contribution >= 4 is 36.2 Å². The molecule has 0 N–H and O–H groups in total. The van der Waals surface area contributed by atoms with E-state index in [1.54, 1.807) is 0 Å². The highest BCUT2D eigenvalue weighted by molar-refractivity contribution is 8.17. The van der Waals surface area contributed by atoms with E-state index in [0.29, 0.717) is 9.83 Å². The molecule has 0 atom stereocenters. The van der Waals surface area contributed by atoms with Gasteiger partial charge in [-0.1, -0.05) is 30.3 Å². The summed E-state index contributed by atoms with van der Waals surface area (Å²) < 4.78 is 0.629. The van der Waals surface area contributed by atoms with Crippen LogP contribution in [0.5, 0.6) is 0 Å². The molecule has 0 unspecified atom stereocenters. The van der Waals surface area contributed by atoms with Crippen molar-refractivity contribution in [2.75, 3.05) is 11.5 Å². The van der Waals surface area contributed by atoms with Gasteiger partial charge in [0.15, 0.2) is 0 Å². The first-order valence-corrected chi connectivity index (χ1v) is 6.94. The molecule has 0 spiro atoms. The van der Waals surface area contributed by atoms with Gasteiger partial charge in [-0.2, -0.15) is 12.6 Å². The molecule has 3 heteroatoms. The monoisotopic (exact) mass is 228 g/mol. The molecule has 1 heterocycles. The van der Waals surface area contributed by atoms with Crippen LogP contribution in [0.4, 0.5) is 0 Å². The Balaban J connectivity index is 2.03. The Hall–Kier alpha value is 0.270. The molecule has 70 valence electrons. The van der Waals surface area contributed by atoms with Crippen molar-refractivity contribution in [2.24, 2.45) is 0 Å². The van der Waals surface area contributed by atoms with E-state index in [1.807, 2.05) is 23.5 Å². The molecule has 0 radical (unpaired) electrons. The van der Waals surface area contributed by atoms with Gasteiger partial charge >= 0.3 is 0 Å². The summed E-state index contributed by atoms with van der Waals surface area (Å²) in [7, 11) is 0. The SMILES string of the molecule is SC1CSC(c2ccccc2)SC1. The van der Waals surface area contributed by atoms with Crippen molar-refractivity contribution in [3.8, 4) is 0 Å². The van der Waals surface area contributed by atoms with Crippen LogP contribution in [-0.2, 0) is 0 Å². The summed E-state index contributed by atoms with van der Waals surface area (Å²) in [5.41, 5.74) is 1.44. The summed E-state index contributed by atoms with van der Waals surface area (Å²) in [6, 6.07) is 10.7. The first-order valence-electron chi connectivity index (χ1n) is 4.32. The molecular formula is C10H12S3. The quantitative estimate of drug-likeness (QED) is 0.731. The van der Waals surface area contributed by atoms with Gasteiger partial charge in [-0.25, -0.2) is 0 Å². The van der Waals surface area contributed by atoms with Gasteiger partial charge in [0.1, 0.15) is 0 Å². The van der Waals surface area contributed by atoms with E-state index >= 15 is 0 Å². The van der Waals surface area contributed by atoms with Gasteiger partial charge in [0.05, 0.1) is 4.58 Å². The van der Waals surface area contributed by atoms with Crippen LogP contribution < -0.4 is 0 Å². The van der Waals surface area contributed by atoms with Crippen LogP contribution in [0.1, 0.15) is 10.1 Å². The Kier molecular flexibility index (Phi) is 3.52. The minimum atomic E-state index is 0.579. The van der Waals surface area contributed by atoms with Gasteiger partial charge in [0.25, 0.3) is 0 Å². The normalized spacial score (nSPS) is 28.7. The molecular weight excluding hydrogens is 216 g/mol. The third-order valence-corrected chi connectivity index (χ3v) is 5.97. The number of benzene rings is 1. The standard InChI is InChI=1S/C10H12S3/c11-9-6-12-10(13-7-9)8-4-2-1-3-5-8/h1-5,9-11H,6-7H2. The average Bonchev–Trinajstić information content (AvgIpc) is 2.20. The predicted molar refractivity (Wildman–Crippen MR) is 66.9 cm³/mol. The average molecular weight is 228 g/mol. The minimum Gasteiger partial charge on any atom is -0.174 e. The van der Waals surface area contributed by atoms with Crippen molar-refractivity contribution < 1.29 is 0 Å². The molecule has 13 heavy (non-hydrogen) atoms. The van der Waals surface area contributed by atoms with Crippen LogP contribution in [0.15, 0.2) is 30.3 Å². The van der Waals surface area contributed by atoms with Crippen LogP contribution in [0.3, 0.4) is 0 Å². The van der Waals surface area contributed by atoms with Crippen molar-refractivity contribution in [3.63, 3.8) is 0 Å². The lowest BCUT2D eigenvalue weighted by Gasteiger charge is -2.24. The molecule has 0 amide bonds. The molecule has 0 aromatic heterocycles.